The Bertz CT molecular complexity index is 1530. The van der Waals surface area contributed by atoms with Crippen LogP contribution in [0.15, 0.2) is 115 Å². The first-order chi connectivity index (χ1) is 17.1. The molecule has 0 aliphatic carbocycles. The molecule has 0 spiro atoms. The zero-order chi connectivity index (χ0) is 23.8. The Morgan fingerprint density at radius 1 is 0.543 bits per heavy atom. The number of fused-ring (bicyclic) bond motifs is 3. The lowest BCUT2D eigenvalue weighted by Crippen LogP contribution is -1.87. The molecule has 6 aromatic rings. The van der Waals surface area contributed by atoms with Crippen LogP contribution in [0, 0.1) is 0 Å². The fourth-order valence-corrected chi connectivity index (χ4v) is 6.83. The summed E-state index contributed by atoms with van der Waals surface area (Å²) in [6, 6.07) is 37.9. The molecule has 0 aliphatic heterocycles. The molecule has 35 heavy (non-hydrogen) atoms. The molecule has 0 aliphatic rings. The predicted octanol–water partition coefficient (Wildman–Crippen LogP) is 8.53. The van der Waals surface area contributed by atoms with Gasteiger partial charge in [-0.05, 0) is 90.3 Å². The molecule has 3 nitrogen and oxygen atoms in total. The number of thiophene rings is 1. The van der Waals surface area contributed by atoms with Crippen LogP contribution in [0.1, 0.15) is 11.1 Å². The minimum absolute atomic E-state index is 0.178. The van der Waals surface area contributed by atoms with Crippen molar-refractivity contribution in [3.63, 3.8) is 0 Å². The van der Waals surface area contributed by atoms with Crippen LogP contribution in [0.3, 0.4) is 0 Å². The smallest absolute Gasteiger partial charge is 0.188 e. The topological polar surface area (TPSA) is 49.7 Å². The average Bonchev–Trinajstić information content (AvgIpc) is 3.20. The van der Waals surface area contributed by atoms with Gasteiger partial charge < -0.3 is 14.9 Å². The maximum absolute atomic E-state index is 9.62. The van der Waals surface area contributed by atoms with E-state index in [9.17, 15) is 10.2 Å². The minimum atomic E-state index is -0.178. The third-order valence-electron chi connectivity index (χ3n) is 6.12. The zero-order valence-electron chi connectivity index (χ0n) is 18.9. The van der Waals surface area contributed by atoms with E-state index in [2.05, 4.69) is 60.7 Å². The van der Waals surface area contributed by atoms with E-state index in [-0.39, 0.29) is 22.0 Å². The van der Waals surface area contributed by atoms with Crippen LogP contribution in [-0.2, 0) is 6.42 Å². The van der Waals surface area contributed by atoms with E-state index >= 15 is 0 Å². The number of ether oxygens (including phenoxy) is 1. The summed E-state index contributed by atoms with van der Waals surface area (Å²) >= 11 is 0. The highest BCUT2D eigenvalue weighted by Crippen LogP contribution is 2.49. The molecule has 0 saturated heterocycles. The molecule has 1 aromatic heterocycles. The summed E-state index contributed by atoms with van der Waals surface area (Å²) < 4.78 is 8.74. The van der Waals surface area contributed by atoms with E-state index in [1.54, 1.807) is 36.4 Å². The van der Waals surface area contributed by atoms with Crippen LogP contribution >= 0.6 is 10.5 Å². The number of rotatable bonds is 5. The first-order valence-electron chi connectivity index (χ1n) is 11.5. The fourth-order valence-electron chi connectivity index (χ4n) is 4.47. The Morgan fingerprint density at radius 2 is 1.11 bits per heavy atom. The molecule has 1 atom stereocenters. The van der Waals surface area contributed by atoms with Crippen LogP contribution in [0.25, 0.3) is 25.1 Å². The molecule has 1 unspecified atom stereocenters. The molecule has 0 fully saturated rings. The third-order valence-corrected chi connectivity index (χ3v) is 8.46. The highest BCUT2D eigenvalue weighted by atomic mass is 32.2. The van der Waals surface area contributed by atoms with Crippen molar-refractivity contribution in [2.24, 2.45) is 0 Å². The second-order valence-electron chi connectivity index (χ2n) is 8.55. The molecular weight excluding hydrogens is 452 g/mol. The lowest BCUT2D eigenvalue weighted by Gasteiger charge is -2.05. The molecule has 2 N–H and O–H groups in total. The van der Waals surface area contributed by atoms with E-state index in [4.69, 9.17) is 4.74 Å². The third kappa shape index (κ3) is 4.20. The van der Waals surface area contributed by atoms with Gasteiger partial charge in [-0.25, -0.2) is 0 Å². The van der Waals surface area contributed by atoms with Gasteiger partial charge in [0.15, 0.2) is 14.3 Å². The van der Waals surface area contributed by atoms with Gasteiger partial charge in [0, 0.05) is 21.9 Å². The molecule has 0 saturated carbocycles. The fraction of sp³-hybridized carbons (Fsp3) is 0.0323. The SMILES string of the molecule is Oc1ccc(Cc2ccc3c(c2)c2cc(Oc4ccc(O)cc4)ccc2[s+]3-c2ccccc2)cc1. The molecule has 0 amide bonds. The van der Waals surface area contributed by atoms with Crippen molar-refractivity contribution in [3.8, 4) is 27.9 Å². The van der Waals surface area contributed by atoms with E-state index < -0.39 is 0 Å². The summed E-state index contributed by atoms with van der Waals surface area (Å²) in [4.78, 5) is 1.30. The number of aromatic hydroxyl groups is 2. The normalized spacial score (nSPS) is 11.7. The quantitative estimate of drug-likeness (QED) is 0.246. The van der Waals surface area contributed by atoms with Crippen LogP contribution in [-0.4, -0.2) is 10.2 Å². The Morgan fingerprint density at radius 3 is 1.83 bits per heavy atom. The number of benzene rings is 5. The van der Waals surface area contributed by atoms with Crippen LogP contribution < -0.4 is 4.74 Å². The zero-order valence-corrected chi connectivity index (χ0v) is 19.7. The molecule has 4 heteroatoms. The number of hydrogen-bond donors (Lipinski definition) is 2. The van der Waals surface area contributed by atoms with E-state index in [1.165, 1.54) is 30.6 Å². The Hall–Kier alpha value is -4.28. The lowest BCUT2D eigenvalue weighted by atomic mass is 10.0. The summed E-state index contributed by atoms with van der Waals surface area (Å²) in [5.74, 6) is 1.95. The molecule has 6 rings (SSSR count). The van der Waals surface area contributed by atoms with Gasteiger partial charge >= 0.3 is 0 Å². The summed E-state index contributed by atoms with van der Waals surface area (Å²) in [6.45, 7) is 0. The van der Waals surface area contributed by atoms with Crippen LogP contribution in [0.5, 0.6) is 23.0 Å². The summed E-state index contributed by atoms with van der Waals surface area (Å²) in [6.07, 6.45) is 0.797. The second-order valence-corrected chi connectivity index (χ2v) is 10.5. The number of hydrogen-bond acceptors (Lipinski definition) is 3. The molecule has 170 valence electrons. The monoisotopic (exact) mass is 475 g/mol. The van der Waals surface area contributed by atoms with Gasteiger partial charge in [-0.3, -0.25) is 0 Å². The molecule has 0 radical (unpaired) electrons. The Labute approximate surface area is 206 Å². The molecular formula is C31H23O3S+. The standard InChI is InChI=1S/C31H22O3S/c32-23-9-6-21(7-10-23)18-22-8-16-30-28(19-22)29-20-26(34-25-13-11-24(33)12-14-25)15-17-31(29)35(30)27-4-2-1-3-5-27/h1-17,19-20H,18H2,(H-,32,33)/p+1. The van der Waals surface area contributed by atoms with Crippen molar-refractivity contribution in [2.45, 2.75) is 6.42 Å². The van der Waals surface area contributed by atoms with Crippen molar-refractivity contribution in [1.29, 1.82) is 0 Å². The van der Waals surface area contributed by atoms with Crippen molar-refractivity contribution in [3.05, 3.63) is 126 Å². The average molecular weight is 476 g/mol. The van der Waals surface area contributed by atoms with Gasteiger partial charge in [-0.1, -0.05) is 36.4 Å². The predicted molar refractivity (Wildman–Crippen MR) is 144 cm³/mol. The van der Waals surface area contributed by atoms with E-state index in [0.29, 0.717) is 5.75 Å². The number of phenols is 2. The summed E-state index contributed by atoms with van der Waals surface area (Å²) in [7, 11) is -0.178. The highest BCUT2D eigenvalue weighted by molar-refractivity contribution is 7.50. The first-order valence-corrected chi connectivity index (χ1v) is 12.7. The maximum atomic E-state index is 9.62. The van der Waals surface area contributed by atoms with Crippen molar-refractivity contribution < 1.29 is 14.9 Å². The van der Waals surface area contributed by atoms with Crippen molar-refractivity contribution in [1.82, 2.24) is 0 Å². The molecule has 5 aromatic carbocycles. The van der Waals surface area contributed by atoms with Crippen LogP contribution in [0.4, 0.5) is 0 Å². The highest BCUT2D eigenvalue weighted by Gasteiger charge is 2.24. The summed E-state index contributed by atoms with van der Waals surface area (Å²) in [5, 5.41) is 21.6. The first kappa shape index (κ1) is 21.3. The minimum Gasteiger partial charge on any atom is -0.508 e. The van der Waals surface area contributed by atoms with Gasteiger partial charge in [0.2, 0.25) is 0 Å². The summed E-state index contributed by atoms with van der Waals surface area (Å²) in [5.41, 5.74) is 2.39. The van der Waals surface area contributed by atoms with Gasteiger partial charge in [0.25, 0.3) is 0 Å². The van der Waals surface area contributed by atoms with Gasteiger partial charge in [0.05, 0.1) is 5.39 Å². The number of phenolic OH excluding ortho intramolecular Hbond substituents is 2. The Kier molecular flexibility index (Phi) is 5.36. The lowest BCUT2D eigenvalue weighted by molar-refractivity contribution is 0.464. The Balaban J connectivity index is 1.49. The molecule has 0 bridgehead atoms. The second kappa shape index (κ2) is 8.82. The van der Waals surface area contributed by atoms with Crippen molar-refractivity contribution >= 4 is 30.6 Å². The largest absolute Gasteiger partial charge is 0.508 e. The van der Waals surface area contributed by atoms with Crippen LogP contribution in [0.2, 0.25) is 0 Å². The maximum Gasteiger partial charge on any atom is 0.188 e. The van der Waals surface area contributed by atoms with Gasteiger partial charge in [-0.2, -0.15) is 0 Å². The van der Waals surface area contributed by atoms with Crippen molar-refractivity contribution in [2.75, 3.05) is 0 Å². The molecule has 1 heterocycles. The van der Waals surface area contributed by atoms with E-state index in [0.717, 1.165) is 17.7 Å². The van der Waals surface area contributed by atoms with Gasteiger partial charge in [0.1, 0.15) is 23.0 Å². The van der Waals surface area contributed by atoms with E-state index in [1.807, 2.05) is 18.2 Å². The van der Waals surface area contributed by atoms with Gasteiger partial charge in [-0.15, -0.1) is 0 Å².